The number of nitrogens with one attached hydrogen (secondary N) is 1. The first-order valence-electron chi connectivity index (χ1n) is 10.4. The second-order valence-corrected chi connectivity index (χ2v) is 8.31. The zero-order valence-corrected chi connectivity index (χ0v) is 18.2. The molecule has 2 heterocycles. The Morgan fingerprint density at radius 3 is 2.65 bits per heavy atom. The molecule has 0 radical (unpaired) electrons. The van der Waals surface area contributed by atoms with Crippen molar-refractivity contribution >= 4 is 23.4 Å². The lowest BCUT2D eigenvalue weighted by Crippen LogP contribution is -2.26. The molecule has 10 nitrogen and oxygen atoms in total. The number of fused-ring (bicyclic) bond motifs is 1. The van der Waals surface area contributed by atoms with Gasteiger partial charge in [-0.3, -0.25) is 14.9 Å². The van der Waals surface area contributed by atoms with Crippen molar-refractivity contribution in [2.45, 2.75) is 49.7 Å². The highest BCUT2D eigenvalue weighted by Crippen LogP contribution is 2.36. The van der Waals surface area contributed by atoms with Gasteiger partial charge in [0, 0.05) is 25.1 Å². The van der Waals surface area contributed by atoms with E-state index in [0.29, 0.717) is 44.4 Å². The molecule has 0 saturated heterocycles. The van der Waals surface area contributed by atoms with Gasteiger partial charge in [-0.2, -0.15) is 0 Å². The number of carbonyl (C=O) groups is 1. The number of ether oxygens (including phenoxy) is 2. The average molecular weight is 448 g/mol. The topological polar surface area (TPSA) is 121 Å². The molecular formula is C20H25N5O5S. The van der Waals surface area contributed by atoms with Crippen molar-refractivity contribution in [3.05, 3.63) is 33.6 Å². The minimum atomic E-state index is -0.582. The molecule has 11 heteroatoms. The monoisotopic (exact) mass is 447 g/mol. The summed E-state index contributed by atoms with van der Waals surface area (Å²) in [5.41, 5.74) is -0.333. The van der Waals surface area contributed by atoms with E-state index in [1.165, 1.54) is 25.0 Å². The quantitative estimate of drug-likeness (QED) is 0.283. The molecule has 0 atom stereocenters. The summed E-state index contributed by atoms with van der Waals surface area (Å²) in [6.07, 6.45) is 8.06. The standard InChI is InChI=1S/C20H25N5O5S/c1-31-20-23-22-18(24(20)13-5-2-3-6-13)7-4-8-21-19(26)14-11-16-17(30-10-9-29-16)12-15(14)25(27)28/h11-13H,2-10H2,1H3,(H,21,26). The Morgan fingerprint density at radius 1 is 1.26 bits per heavy atom. The normalized spacial score (nSPS) is 15.8. The average Bonchev–Trinajstić information content (AvgIpc) is 3.44. The number of aryl methyl sites for hydroxylation is 1. The van der Waals surface area contributed by atoms with Crippen LogP contribution in [0.2, 0.25) is 0 Å². The van der Waals surface area contributed by atoms with Gasteiger partial charge in [0.15, 0.2) is 16.7 Å². The maximum Gasteiger partial charge on any atom is 0.286 e. The molecule has 1 aromatic heterocycles. The van der Waals surface area contributed by atoms with E-state index in [9.17, 15) is 14.9 Å². The van der Waals surface area contributed by atoms with Crippen molar-refractivity contribution in [3.63, 3.8) is 0 Å². The molecule has 4 rings (SSSR count). The molecule has 0 unspecified atom stereocenters. The van der Waals surface area contributed by atoms with Gasteiger partial charge in [-0.25, -0.2) is 0 Å². The lowest BCUT2D eigenvalue weighted by atomic mass is 10.1. The van der Waals surface area contributed by atoms with Crippen molar-refractivity contribution in [1.29, 1.82) is 0 Å². The molecule has 1 fully saturated rings. The van der Waals surface area contributed by atoms with E-state index in [-0.39, 0.29) is 17.0 Å². The van der Waals surface area contributed by atoms with E-state index >= 15 is 0 Å². The Balaban J connectivity index is 1.39. The van der Waals surface area contributed by atoms with Crippen molar-refractivity contribution < 1.29 is 19.2 Å². The molecule has 166 valence electrons. The van der Waals surface area contributed by atoms with E-state index in [1.54, 1.807) is 11.8 Å². The SMILES string of the molecule is CSc1nnc(CCCNC(=O)c2cc3c(cc2[N+](=O)[O-])OCCO3)n1C1CCCC1. The van der Waals surface area contributed by atoms with E-state index in [4.69, 9.17) is 9.47 Å². The fourth-order valence-electron chi connectivity index (χ4n) is 4.10. The summed E-state index contributed by atoms with van der Waals surface area (Å²) < 4.78 is 13.1. The summed E-state index contributed by atoms with van der Waals surface area (Å²) >= 11 is 1.59. The molecule has 1 aliphatic heterocycles. The first-order valence-corrected chi connectivity index (χ1v) is 11.6. The Morgan fingerprint density at radius 2 is 1.97 bits per heavy atom. The fraction of sp³-hybridized carbons (Fsp3) is 0.550. The van der Waals surface area contributed by atoms with Crippen LogP contribution < -0.4 is 14.8 Å². The van der Waals surface area contributed by atoms with Crippen LogP contribution in [0.15, 0.2) is 17.3 Å². The van der Waals surface area contributed by atoms with Crippen LogP contribution in [0, 0.1) is 10.1 Å². The lowest BCUT2D eigenvalue weighted by Gasteiger charge is -2.19. The molecule has 1 amide bonds. The number of aromatic nitrogens is 3. The summed E-state index contributed by atoms with van der Waals surface area (Å²) in [6.45, 7) is 1.03. The molecule has 1 saturated carbocycles. The van der Waals surface area contributed by atoms with Crippen LogP contribution in [0.3, 0.4) is 0 Å². The van der Waals surface area contributed by atoms with Crippen LogP contribution in [-0.2, 0) is 6.42 Å². The smallest absolute Gasteiger partial charge is 0.286 e. The van der Waals surface area contributed by atoms with Gasteiger partial charge in [-0.1, -0.05) is 24.6 Å². The van der Waals surface area contributed by atoms with E-state index in [0.717, 1.165) is 23.8 Å². The van der Waals surface area contributed by atoms with E-state index in [1.807, 2.05) is 6.26 Å². The van der Waals surface area contributed by atoms with Gasteiger partial charge in [0.2, 0.25) is 0 Å². The van der Waals surface area contributed by atoms with Gasteiger partial charge < -0.3 is 19.4 Å². The third-order valence-electron chi connectivity index (χ3n) is 5.57. The second kappa shape index (κ2) is 9.54. The summed E-state index contributed by atoms with van der Waals surface area (Å²) in [5.74, 6) is 1.04. The first-order chi connectivity index (χ1) is 15.1. The fourth-order valence-corrected chi connectivity index (χ4v) is 4.67. The van der Waals surface area contributed by atoms with Gasteiger partial charge in [-0.05, 0) is 25.5 Å². The summed E-state index contributed by atoms with van der Waals surface area (Å²) in [6, 6.07) is 3.07. The molecule has 0 bridgehead atoms. The van der Waals surface area contributed by atoms with Gasteiger partial charge in [0.25, 0.3) is 11.6 Å². The molecule has 1 aliphatic carbocycles. The molecule has 1 aromatic carbocycles. The van der Waals surface area contributed by atoms with Crippen LogP contribution in [0.1, 0.15) is 54.3 Å². The van der Waals surface area contributed by atoms with Crippen LogP contribution in [0.25, 0.3) is 0 Å². The van der Waals surface area contributed by atoms with Crippen LogP contribution in [0.5, 0.6) is 11.5 Å². The maximum absolute atomic E-state index is 12.6. The largest absolute Gasteiger partial charge is 0.486 e. The van der Waals surface area contributed by atoms with Crippen LogP contribution in [-0.4, -0.2) is 51.6 Å². The second-order valence-electron chi connectivity index (χ2n) is 7.54. The van der Waals surface area contributed by atoms with Crippen LogP contribution >= 0.6 is 11.8 Å². The van der Waals surface area contributed by atoms with Crippen molar-refractivity contribution in [1.82, 2.24) is 20.1 Å². The number of nitro groups is 1. The highest BCUT2D eigenvalue weighted by Gasteiger charge is 2.27. The van der Waals surface area contributed by atoms with Gasteiger partial charge in [0.05, 0.1) is 11.0 Å². The maximum atomic E-state index is 12.6. The number of hydrogen-bond donors (Lipinski definition) is 1. The molecule has 2 aromatic rings. The van der Waals surface area contributed by atoms with Crippen molar-refractivity contribution in [2.24, 2.45) is 0 Å². The molecule has 31 heavy (non-hydrogen) atoms. The van der Waals surface area contributed by atoms with Crippen LogP contribution in [0.4, 0.5) is 5.69 Å². The molecule has 1 N–H and O–H groups in total. The predicted molar refractivity (Wildman–Crippen MR) is 114 cm³/mol. The first kappa shape index (κ1) is 21.4. The lowest BCUT2D eigenvalue weighted by molar-refractivity contribution is -0.385. The summed E-state index contributed by atoms with van der Waals surface area (Å²) in [5, 5.41) is 23.8. The number of nitrogens with zero attached hydrogens (tertiary/aromatic N) is 4. The molecular weight excluding hydrogens is 422 g/mol. The number of benzene rings is 1. The number of nitro benzene ring substituents is 1. The van der Waals surface area contributed by atoms with Crippen molar-refractivity contribution in [3.8, 4) is 11.5 Å². The van der Waals surface area contributed by atoms with Gasteiger partial charge in [-0.15, -0.1) is 10.2 Å². The summed E-state index contributed by atoms with van der Waals surface area (Å²) in [4.78, 5) is 23.5. The van der Waals surface area contributed by atoms with E-state index in [2.05, 4.69) is 20.1 Å². The number of rotatable bonds is 8. The molecule has 0 spiro atoms. The Bertz CT molecular complexity index is 973. The number of amides is 1. The minimum absolute atomic E-state index is 0.0342. The third-order valence-corrected chi connectivity index (χ3v) is 6.22. The zero-order valence-electron chi connectivity index (χ0n) is 17.3. The van der Waals surface area contributed by atoms with Gasteiger partial charge >= 0.3 is 0 Å². The Kier molecular flexibility index (Phi) is 6.59. The zero-order chi connectivity index (χ0) is 21.8. The number of hydrogen-bond acceptors (Lipinski definition) is 8. The van der Waals surface area contributed by atoms with E-state index < -0.39 is 10.8 Å². The number of thioether (sulfide) groups is 1. The summed E-state index contributed by atoms with van der Waals surface area (Å²) in [7, 11) is 0. The third kappa shape index (κ3) is 4.60. The highest BCUT2D eigenvalue weighted by molar-refractivity contribution is 7.98. The highest BCUT2D eigenvalue weighted by atomic mass is 32.2. The predicted octanol–water partition coefficient (Wildman–Crippen LogP) is 3.16. The van der Waals surface area contributed by atoms with Gasteiger partial charge in [0.1, 0.15) is 24.6 Å². The van der Waals surface area contributed by atoms with Crippen molar-refractivity contribution in [2.75, 3.05) is 26.0 Å². The number of carbonyl (C=O) groups excluding carboxylic acids is 1. The Hall–Kier alpha value is -2.82. The minimum Gasteiger partial charge on any atom is -0.486 e. The Labute approximate surface area is 183 Å². The molecule has 2 aliphatic rings.